The van der Waals surface area contributed by atoms with Crippen LogP contribution in [0, 0.1) is 6.92 Å². The first-order valence-electron chi connectivity index (χ1n) is 6.35. The Labute approximate surface area is 117 Å². The van der Waals surface area contributed by atoms with Gasteiger partial charge in [-0.25, -0.2) is 4.79 Å². The minimum Gasteiger partial charge on any atom is -0.477 e. The molecule has 5 nitrogen and oxygen atoms in total. The first kappa shape index (κ1) is 14.3. The third-order valence-electron chi connectivity index (χ3n) is 3.42. The lowest BCUT2D eigenvalue weighted by atomic mass is 9.99. The highest BCUT2D eigenvalue weighted by molar-refractivity contribution is 5.95. The van der Waals surface area contributed by atoms with E-state index in [1.807, 2.05) is 38.1 Å². The average Bonchev–Trinajstić information content (AvgIpc) is 2.72. The Morgan fingerprint density at radius 1 is 1.45 bits per heavy atom. The third kappa shape index (κ3) is 2.44. The topological polar surface area (TPSA) is 64.4 Å². The first-order valence-corrected chi connectivity index (χ1v) is 6.35. The van der Waals surface area contributed by atoms with Gasteiger partial charge in [-0.3, -0.25) is 4.68 Å². The fourth-order valence-corrected chi connectivity index (χ4v) is 2.33. The van der Waals surface area contributed by atoms with Gasteiger partial charge in [0.05, 0.1) is 11.8 Å². The summed E-state index contributed by atoms with van der Waals surface area (Å²) < 4.78 is 6.71. The Bertz CT molecular complexity index is 647. The third-order valence-corrected chi connectivity index (χ3v) is 3.42. The number of aromatic carboxylic acids is 1. The number of rotatable bonds is 4. The lowest BCUT2D eigenvalue weighted by Crippen LogP contribution is -2.06. The molecule has 1 N–H and O–H groups in total. The standard InChI is InChI=1S/C15H18N2O3/c1-9-13(14(15(18)19)17(3)16-9)12-7-5-6-11(8-12)10(2)20-4/h5-8,10H,1-4H3,(H,18,19)/t10-/m1/s1. The number of carboxylic acid groups (broad SMARTS) is 1. The number of methoxy groups -OCH3 is 1. The zero-order chi connectivity index (χ0) is 14.9. The largest absolute Gasteiger partial charge is 0.477 e. The summed E-state index contributed by atoms with van der Waals surface area (Å²) >= 11 is 0. The van der Waals surface area contributed by atoms with E-state index in [4.69, 9.17) is 4.74 Å². The highest BCUT2D eigenvalue weighted by Gasteiger charge is 2.21. The summed E-state index contributed by atoms with van der Waals surface area (Å²) in [5, 5.41) is 13.6. The van der Waals surface area contributed by atoms with Crippen LogP contribution in [0.5, 0.6) is 0 Å². The minimum absolute atomic E-state index is 0.0415. The van der Waals surface area contributed by atoms with E-state index in [0.717, 1.165) is 11.1 Å². The zero-order valence-corrected chi connectivity index (χ0v) is 12.0. The second-order valence-corrected chi connectivity index (χ2v) is 4.74. The van der Waals surface area contributed by atoms with Gasteiger partial charge in [-0.1, -0.05) is 18.2 Å². The lowest BCUT2D eigenvalue weighted by molar-refractivity contribution is 0.0686. The van der Waals surface area contributed by atoms with Gasteiger partial charge in [-0.15, -0.1) is 0 Å². The highest BCUT2D eigenvalue weighted by atomic mass is 16.5. The molecule has 0 saturated heterocycles. The van der Waals surface area contributed by atoms with Gasteiger partial charge in [0.25, 0.3) is 0 Å². The number of aromatic nitrogens is 2. The molecule has 1 aromatic heterocycles. The van der Waals surface area contributed by atoms with Crippen molar-refractivity contribution in [3.63, 3.8) is 0 Å². The van der Waals surface area contributed by atoms with Crippen LogP contribution in [0.25, 0.3) is 11.1 Å². The average molecular weight is 274 g/mol. The van der Waals surface area contributed by atoms with E-state index in [1.54, 1.807) is 14.2 Å². The predicted octanol–water partition coefficient (Wildman–Crippen LogP) is 2.80. The van der Waals surface area contributed by atoms with Crippen LogP contribution in [0.1, 0.15) is 34.8 Å². The SMILES string of the molecule is CO[C@H](C)c1cccc(-c2c(C)nn(C)c2C(=O)O)c1. The van der Waals surface area contributed by atoms with Crippen molar-refractivity contribution in [2.24, 2.45) is 7.05 Å². The molecule has 20 heavy (non-hydrogen) atoms. The quantitative estimate of drug-likeness (QED) is 0.931. The van der Waals surface area contributed by atoms with Gasteiger partial charge >= 0.3 is 5.97 Å². The molecular formula is C15H18N2O3. The summed E-state index contributed by atoms with van der Waals surface area (Å²) in [5.74, 6) is -0.978. The first-order chi connectivity index (χ1) is 9.45. The van der Waals surface area contributed by atoms with Crippen molar-refractivity contribution in [1.82, 2.24) is 9.78 Å². The maximum absolute atomic E-state index is 11.4. The maximum atomic E-state index is 11.4. The zero-order valence-electron chi connectivity index (χ0n) is 12.0. The number of hydrogen-bond acceptors (Lipinski definition) is 3. The van der Waals surface area contributed by atoms with Crippen LogP contribution in [0.3, 0.4) is 0 Å². The van der Waals surface area contributed by atoms with Crippen LogP contribution in [0.2, 0.25) is 0 Å². The summed E-state index contributed by atoms with van der Waals surface area (Å²) in [5.41, 5.74) is 3.40. The molecule has 5 heteroatoms. The van der Waals surface area contributed by atoms with E-state index in [2.05, 4.69) is 5.10 Å². The van der Waals surface area contributed by atoms with E-state index >= 15 is 0 Å². The number of nitrogens with zero attached hydrogens (tertiary/aromatic N) is 2. The van der Waals surface area contributed by atoms with Crippen LogP contribution >= 0.6 is 0 Å². The molecule has 2 aromatic rings. The van der Waals surface area contributed by atoms with Crippen LogP contribution < -0.4 is 0 Å². The van der Waals surface area contributed by atoms with E-state index in [0.29, 0.717) is 11.3 Å². The van der Waals surface area contributed by atoms with Gasteiger partial charge in [0.2, 0.25) is 0 Å². The summed E-state index contributed by atoms with van der Waals surface area (Å²) in [7, 11) is 3.29. The second kappa shape index (κ2) is 5.46. The van der Waals surface area contributed by atoms with Crippen molar-refractivity contribution in [2.75, 3.05) is 7.11 Å². The molecule has 0 radical (unpaired) electrons. The van der Waals surface area contributed by atoms with Crippen LogP contribution in [0.15, 0.2) is 24.3 Å². The maximum Gasteiger partial charge on any atom is 0.354 e. The molecule has 0 bridgehead atoms. The Morgan fingerprint density at radius 3 is 2.75 bits per heavy atom. The Hall–Kier alpha value is -2.14. The molecule has 2 rings (SSSR count). The smallest absolute Gasteiger partial charge is 0.354 e. The molecular weight excluding hydrogens is 256 g/mol. The number of benzene rings is 1. The van der Waals surface area contributed by atoms with Gasteiger partial charge in [0.1, 0.15) is 0 Å². The molecule has 0 aliphatic carbocycles. The number of aryl methyl sites for hydroxylation is 2. The summed E-state index contributed by atoms with van der Waals surface area (Å²) in [6.45, 7) is 3.77. The van der Waals surface area contributed by atoms with Crippen molar-refractivity contribution in [3.05, 3.63) is 41.2 Å². The summed E-state index contributed by atoms with van der Waals surface area (Å²) in [4.78, 5) is 11.4. The Balaban J connectivity index is 2.60. The predicted molar refractivity (Wildman–Crippen MR) is 75.8 cm³/mol. The molecule has 1 aromatic carbocycles. The summed E-state index contributed by atoms with van der Waals surface area (Å²) in [6, 6.07) is 7.70. The Kier molecular flexibility index (Phi) is 3.90. The normalized spacial score (nSPS) is 12.4. The number of hydrogen-bond donors (Lipinski definition) is 1. The van der Waals surface area contributed by atoms with Gasteiger partial charge < -0.3 is 9.84 Å². The van der Waals surface area contributed by atoms with Gasteiger partial charge in [-0.05, 0) is 31.0 Å². The van der Waals surface area contributed by atoms with Gasteiger partial charge in [0, 0.05) is 19.7 Å². The van der Waals surface area contributed by atoms with Crippen LogP contribution in [-0.2, 0) is 11.8 Å². The van der Waals surface area contributed by atoms with Crippen LogP contribution in [-0.4, -0.2) is 28.0 Å². The molecule has 0 saturated carbocycles. The number of carboxylic acids is 1. The van der Waals surface area contributed by atoms with Crippen LogP contribution in [0.4, 0.5) is 0 Å². The Morgan fingerprint density at radius 2 is 2.15 bits per heavy atom. The molecule has 106 valence electrons. The van der Waals surface area contributed by atoms with Crippen molar-refractivity contribution >= 4 is 5.97 Å². The molecule has 1 atom stereocenters. The molecule has 0 fully saturated rings. The van der Waals surface area contributed by atoms with Crippen molar-refractivity contribution in [3.8, 4) is 11.1 Å². The van der Waals surface area contributed by atoms with E-state index in [-0.39, 0.29) is 11.8 Å². The molecule has 0 aliphatic rings. The van der Waals surface area contributed by atoms with Crippen molar-refractivity contribution in [1.29, 1.82) is 0 Å². The minimum atomic E-state index is -0.978. The molecule has 1 heterocycles. The number of carbonyl (C=O) groups is 1. The fourth-order valence-electron chi connectivity index (χ4n) is 2.33. The molecule has 0 aliphatic heterocycles. The van der Waals surface area contributed by atoms with Gasteiger partial charge in [-0.2, -0.15) is 5.10 Å². The number of ether oxygens (including phenoxy) is 1. The molecule has 0 unspecified atom stereocenters. The van der Waals surface area contributed by atoms with Crippen molar-refractivity contribution < 1.29 is 14.6 Å². The van der Waals surface area contributed by atoms with E-state index < -0.39 is 5.97 Å². The summed E-state index contributed by atoms with van der Waals surface area (Å²) in [6.07, 6.45) is -0.0415. The highest BCUT2D eigenvalue weighted by Crippen LogP contribution is 2.29. The molecule has 0 spiro atoms. The van der Waals surface area contributed by atoms with Crippen molar-refractivity contribution in [2.45, 2.75) is 20.0 Å². The second-order valence-electron chi connectivity index (χ2n) is 4.74. The van der Waals surface area contributed by atoms with E-state index in [1.165, 1.54) is 4.68 Å². The molecule has 0 amide bonds. The van der Waals surface area contributed by atoms with Gasteiger partial charge in [0.15, 0.2) is 5.69 Å². The monoisotopic (exact) mass is 274 g/mol. The lowest BCUT2D eigenvalue weighted by Gasteiger charge is -2.11. The fraction of sp³-hybridized carbons (Fsp3) is 0.333. The van der Waals surface area contributed by atoms with E-state index in [9.17, 15) is 9.90 Å².